The predicted octanol–water partition coefficient (Wildman–Crippen LogP) is 4.56. The number of carbonyl (C=O) groups is 1. The van der Waals surface area contributed by atoms with Crippen LogP contribution in [0.15, 0.2) is 30.5 Å². The van der Waals surface area contributed by atoms with E-state index in [1.165, 1.54) is 18.3 Å². The van der Waals surface area contributed by atoms with Crippen molar-refractivity contribution in [3.63, 3.8) is 0 Å². The minimum Gasteiger partial charge on any atom is -0.349 e. The molecule has 1 heterocycles. The summed E-state index contributed by atoms with van der Waals surface area (Å²) >= 11 is 0. The SMILES string of the molecule is CC1CCC(NC(=O)c2cnc3ccc(C(F)(F)F)cc3c2)CC1. The third kappa shape index (κ3) is 3.68. The fourth-order valence-electron chi connectivity index (χ4n) is 3.11. The van der Waals surface area contributed by atoms with Gasteiger partial charge in [0.25, 0.3) is 5.91 Å². The summed E-state index contributed by atoms with van der Waals surface area (Å²) in [5, 5.41) is 3.28. The van der Waals surface area contributed by atoms with Gasteiger partial charge in [0, 0.05) is 17.6 Å². The van der Waals surface area contributed by atoms with E-state index in [0.717, 1.165) is 37.8 Å². The molecule has 3 nitrogen and oxygen atoms in total. The lowest BCUT2D eigenvalue weighted by molar-refractivity contribution is -0.137. The van der Waals surface area contributed by atoms with E-state index in [2.05, 4.69) is 17.2 Å². The zero-order valence-corrected chi connectivity index (χ0v) is 13.4. The van der Waals surface area contributed by atoms with Crippen LogP contribution >= 0.6 is 0 Å². The number of fused-ring (bicyclic) bond motifs is 1. The third-order valence-corrected chi connectivity index (χ3v) is 4.62. The molecule has 1 aromatic heterocycles. The lowest BCUT2D eigenvalue weighted by atomic mass is 9.87. The second kappa shape index (κ2) is 6.42. The van der Waals surface area contributed by atoms with Crippen LogP contribution in [0.2, 0.25) is 0 Å². The summed E-state index contributed by atoms with van der Waals surface area (Å²) in [6.07, 6.45) is 1.03. The Morgan fingerprint density at radius 1 is 1.17 bits per heavy atom. The van der Waals surface area contributed by atoms with Crippen molar-refractivity contribution in [2.75, 3.05) is 0 Å². The Balaban J connectivity index is 1.80. The normalized spacial score (nSPS) is 21.7. The molecule has 1 amide bonds. The molecule has 1 saturated carbocycles. The van der Waals surface area contributed by atoms with Gasteiger partial charge in [-0.1, -0.05) is 6.92 Å². The molecule has 0 atom stereocenters. The summed E-state index contributed by atoms with van der Waals surface area (Å²) in [6, 6.07) is 4.95. The van der Waals surface area contributed by atoms with E-state index >= 15 is 0 Å². The molecule has 0 radical (unpaired) electrons. The highest BCUT2D eigenvalue weighted by atomic mass is 19.4. The first-order valence-corrected chi connectivity index (χ1v) is 8.11. The van der Waals surface area contributed by atoms with Crippen molar-refractivity contribution >= 4 is 16.8 Å². The molecule has 3 rings (SSSR count). The standard InChI is InChI=1S/C18H19F3N2O/c1-11-2-5-15(6-3-11)23-17(24)13-8-12-9-14(18(19,20)21)4-7-16(12)22-10-13/h4,7-11,15H,2-3,5-6H2,1H3,(H,23,24). The Bertz CT molecular complexity index is 750. The number of carbonyl (C=O) groups excluding carboxylic acids is 1. The highest BCUT2D eigenvalue weighted by molar-refractivity contribution is 5.97. The fourth-order valence-corrected chi connectivity index (χ4v) is 3.11. The number of hydrogen-bond donors (Lipinski definition) is 1. The van der Waals surface area contributed by atoms with Crippen molar-refractivity contribution in [2.45, 2.75) is 44.8 Å². The summed E-state index contributed by atoms with van der Waals surface area (Å²) < 4.78 is 38.4. The van der Waals surface area contributed by atoms with E-state index in [4.69, 9.17) is 0 Å². The molecule has 0 saturated heterocycles. The van der Waals surface area contributed by atoms with Crippen molar-refractivity contribution in [2.24, 2.45) is 5.92 Å². The summed E-state index contributed by atoms with van der Waals surface area (Å²) in [6.45, 7) is 2.20. The van der Waals surface area contributed by atoms with Crippen LogP contribution in [0, 0.1) is 5.92 Å². The van der Waals surface area contributed by atoms with Gasteiger partial charge in [-0.15, -0.1) is 0 Å². The van der Waals surface area contributed by atoms with Crippen molar-refractivity contribution < 1.29 is 18.0 Å². The monoisotopic (exact) mass is 336 g/mol. The number of hydrogen-bond acceptors (Lipinski definition) is 2. The van der Waals surface area contributed by atoms with Crippen molar-refractivity contribution in [1.82, 2.24) is 10.3 Å². The van der Waals surface area contributed by atoms with Crippen LogP contribution in [0.1, 0.15) is 48.5 Å². The summed E-state index contributed by atoms with van der Waals surface area (Å²) in [7, 11) is 0. The van der Waals surface area contributed by atoms with E-state index in [-0.39, 0.29) is 11.9 Å². The number of aromatic nitrogens is 1. The first kappa shape index (κ1) is 16.7. The number of alkyl halides is 3. The van der Waals surface area contributed by atoms with Gasteiger partial charge < -0.3 is 5.32 Å². The first-order chi connectivity index (χ1) is 11.3. The minimum absolute atomic E-state index is 0.130. The Labute approximate surface area is 138 Å². The van der Waals surface area contributed by atoms with Crippen LogP contribution in [-0.4, -0.2) is 16.9 Å². The molecule has 0 bridgehead atoms. The van der Waals surface area contributed by atoms with Crippen LogP contribution in [0.3, 0.4) is 0 Å². The maximum atomic E-state index is 12.8. The van der Waals surface area contributed by atoms with Gasteiger partial charge in [-0.2, -0.15) is 13.2 Å². The molecule has 0 unspecified atom stereocenters. The van der Waals surface area contributed by atoms with Gasteiger partial charge in [-0.25, -0.2) is 0 Å². The topological polar surface area (TPSA) is 42.0 Å². The van der Waals surface area contributed by atoms with Crippen molar-refractivity contribution in [3.8, 4) is 0 Å². The first-order valence-electron chi connectivity index (χ1n) is 8.11. The van der Waals surface area contributed by atoms with Gasteiger partial charge in [0.05, 0.1) is 16.6 Å². The molecule has 1 aromatic carbocycles. The molecule has 24 heavy (non-hydrogen) atoms. The molecule has 128 valence electrons. The van der Waals surface area contributed by atoms with E-state index < -0.39 is 11.7 Å². The number of amides is 1. The van der Waals surface area contributed by atoms with Crippen LogP contribution < -0.4 is 5.32 Å². The minimum atomic E-state index is -4.41. The van der Waals surface area contributed by atoms with E-state index in [1.54, 1.807) is 0 Å². The van der Waals surface area contributed by atoms with Crippen LogP contribution in [0.5, 0.6) is 0 Å². The van der Waals surface area contributed by atoms with Gasteiger partial charge in [0.2, 0.25) is 0 Å². The lowest BCUT2D eigenvalue weighted by Crippen LogP contribution is -2.37. The van der Waals surface area contributed by atoms with Gasteiger partial charge in [0.15, 0.2) is 0 Å². The number of nitrogens with one attached hydrogen (secondary N) is 1. The third-order valence-electron chi connectivity index (χ3n) is 4.62. The van der Waals surface area contributed by atoms with Crippen molar-refractivity contribution in [3.05, 3.63) is 41.6 Å². The zero-order chi connectivity index (χ0) is 17.3. The van der Waals surface area contributed by atoms with Gasteiger partial charge in [-0.3, -0.25) is 9.78 Å². The van der Waals surface area contributed by atoms with E-state index in [1.807, 2.05) is 0 Å². The molecule has 1 aliphatic carbocycles. The largest absolute Gasteiger partial charge is 0.416 e. The van der Waals surface area contributed by atoms with Crippen LogP contribution in [0.25, 0.3) is 10.9 Å². The molecule has 1 fully saturated rings. The number of benzene rings is 1. The van der Waals surface area contributed by atoms with Gasteiger partial charge >= 0.3 is 6.18 Å². The zero-order valence-electron chi connectivity index (χ0n) is 13.4. The number of rotatable bonds is 2. The molecule has 0 spiro atoms. The second-order valence-electron chi connectivity index (χ2n) is 6.56. The number of nitrogens with zero attached hydrogens (tertiary/aromatic N) is 1. The maximum Gasteiger partial charge on any atom is 0.416 e. The van der Waals surface area contributed by atoms with Gasteiger partial charge in [-0.05, 0) is 55.9 Å². The molecule has 1 N–H and O–H groups in total. The molecule has 1 aliphatic rings. The molecule has 6 heteroatoms. The Kier molecular flexibility index (Phi) is 4.47. The summed E-state index contributed by atoms with van der Waals surface area (Å²) in [5.41, 5.74) is -0.0119. The molecule has 2 aromatic rings. The Morgan fingerprint density at radius 3 is 2.54 bits per heavy atom. The van der Waals surface area contributed by atoms with Crippen molar-refractivity contribution in [1.29, 1.82) is 0 Å². The predicted molar refractivity (Wildman–Crippen MR) is 85.6 cm³/mol. The molecular formula is C18H19F3N2O. The number of pyridine rings is 1. The van der Waals surface area contributed by atoms with E-state index in [0.29, 0.717) is 22.4 Å². The lowest BCUT2D eigenvalue weighted by Gasteiger charge is -2.26. The van der Waals surface area contributed by atoms with E-state index in [9.17, 15) is 18.0 Å². The second-order valence-corrected chi connectivity index (χ2v) is 6.56. The number of halogens is 3. The average Bonchev–Trinajstić information content (AvgIpc) is 2.55. The van der Waals surface area contributed by atoms with Crippen LogP contribution in [-0.2, 0) is 6.18 Å². The summed E-state index contributed by atoms with van der Waals surface area (Å²) in [4.78, 5) is 16.4. The van der Waals surface area contributed by atoms with Gasteiger partial charge in [0.1, 0.15) is 0 Å². The quantitative estimate of drug-likeness (QED) is 0.873. The molecule has 0 aliphatic heterocycles. The highest BCUT2D eigenvalue weighted by Gasteiger charge is 2.30. The Hall–Kier alpha value is -2.11. The average molecular weight is 336 g/mol. The highest BCUT2D eigenvalue weighted by Crippen LogP contribution is 2.31. The fraction of sp³-hybridized carbons (Fsp3) is 0.444. The smallest absolute Gasteiger partial charge is 0.349 e. The van der Waals surface area contributed by atoms with Crippen LogP contribution in [0.4, 0.5) is 13.2 Å². The maximum absolute atomic E-state index is 12.8. The summed E-state index contributed by atoms with van der Waals surface area (Å²) in [5.74, 6) is 0.405. The molecular weight excluding hydrogens is 317 g/mol. The Morgan fingerprint density at radius 2 is 1.88 bits per heavy atom.